The fraction of sp³-hybridized carbons (Fsp3) is 0.214. The molecule has 1 aromatic carbocycles. The van der Waals surface area contributed by atoms with Crippen LogP contribution in [0.25, 0.3) is 16.7 Å². The van der Waals surface area contributed by atoms with E-state index >= 15 is 0 Å². The highest BCUT2D eigenvalue weighted by atomic mass is 127. The molecule has 1 saturated heterocycles. The Morgan fingerprint density at radius 1 is 1.21 bits per heavy atom. The van der Waals surface area contributed by atoms with Crippen LogP contribution in [0.5, 0.6) is 0 Å². The van der Waals surface area contributed by atoms with Gasteiger partial charge < -0.3 is 4.90 Å². The van der Waals surface area contributed by atoms with Crippen LogP contribution in [0, 0.1) is 3.57 Å². The van der Waals surface area contributed by atoms with Crippen molar-refractivity contribution in [2.75, 3.05) is 18.0 Å². The minimum atomic E-state index is -0.684. The molecule has 0 spiro atoms. The third-order valence-corrected chi connectivity index (χ3v) is 4.22. The Morgan fingerprint density at radius 3 is 2.84 bits per heavy atom. The van der Waals surface area contributed by atoms with Crippen LogP contribution in [-0.4, -0.2) is 28.6 Å². The Bertz CT molecular complexity index is 777. The summed E-state index contributed by atoms with van der Waals surface area (Å²) in [6.07, 6.45) is 1.33. The minimum Gasteiger partial charge on any atom is -0.365 e. The minimum absolute atomic E-state index is 0.494. The van der Waals surface area contributed by atoms with Gasteiger partial charge >= 0.3 is 0 Å². The number of nitrogens with zero attached hydrogens (tertiary/aromatic N) is 3. The number of pyridine rings is 1. The van der Waals surface area contributed by atoms with Crippen LogP contribution in [0.1, 0.15) is 0 Å². The molecular formula is C14H11FIN3. The fourth-order valence-corrected chi connectivity index (χ4v) is 2.99. The summed E-state index contributed by atoms with van der Waals surface area (Å²) in [6, 6.07) is 10.3. The number of rotatable bonds is 1. The van der Waals surface area contributed by atoms with Gasteiger partial charge in [0.15, 0.2) is 0 Å². The first kappa shape index (κ1) is 11.5. The maximum Gasteiger partial charge on any atom is 0.139 e. The lowest BCUT2D eigenvalue weighted by atomic mass is 10.1. The molecule has 3 heterocycles. The molecule has 1 fully saturated rings. The first-order chi connectivity index (χ1) is 9.20. The van der Waals surface area contributed by atoms with E-state index in [1.165, 1.54) is 3.57 Å². The number of anilines is 1. The topological polar surface area (TPSA) is 20.5 Å². The summed E-state index contributed by atoms with van der Waals surface area (Å²) in [4.78, 5) is 6.67. The van der Waals surface area contributed by atoms with Crippen LogP contribution in [0.3, 0.4) is 0 Å². The van der Waals surface area contributed by atoms with Crippen molar-refractivity contribution in [2.24, 2.45) is 0 Å². The first-order valence-electron chi connectivity index (χ1n) is 6.17. The fourth-order valence-electron chi connectivity index (χ4n) is 2.51. The molecule has 0 radical (unpaired) electrons. The van der Waals surface area contributed by atoms with Crippen LogP contribution >= 0.6 is 22.6 Å². The molecule has 0 unspecified atom stereocenters. The molecule has 0 amide bonds. The van der Waals surface area contributed by atoms with E-state index in [9.17, 15) is 4.39 Å². The predicted molar refractivity (Wildman–Crippen MR) is 82.5 cm³/mol. The Hall–Kier alpha value is -1.37. The molecule has 4 rings (SSSR count). The SMILES string of the molecule is FC1CN(c2ccn3c(c2)nc2cc(I)ccc23)C1. The van der Waals surface area contributed by atoms with Crippen LogP contribution in [0.4, 0.5) is 10.1 Å². The monoisotopic (exact) mass is 367 g/mol. The number of benzene rings is 1. The molecule has 0 bridgehead atoms. The normalized spacial score (nSPS) is 16.2. The summed E-state index contributed by atoms with van der Waals surface area (Å²) in [5.74, 6) is 0. The maximum atomic E-state index is 12.9. The molecule has 19 heavy (non-hydrogen) atoms. The van der Waals surface area contributed by atoms with Crippen molar-refractivity contribution in [1.29, 1.82) is 0 Å². The Morgan fingerprint density at radius 2 is 2.05 bits per heavy atom. The number of hydrogen-bond donors (Lipinski definition) is 0. The molecule has 1 aliphatic heterocycles. The van der Waals surface area contributed by atoms with E-state index in [-0.39, 0.29) is 0 Å². The Balaban J connectivity index is 1.87. The highest BCUT2D eigenvalue weighted by Crippen LogP contribution is 2.26. The lowest BCUT2D eigenvalue weighted by molar-refractivity contribution is 0.275. The summed E-state index contributed by atoms with van der Waals surface area (Å²) < 4.78 is 16.2. The molecular weight excluding hydrogens is 356 g/mol. The standard InChI is InChI=1S/C14H11FIN3/c15-9-7-18(8-9)11-3-4-19-13-2-1-10(16)5-12(13)17-14(19)6-11/h1-6,9H,7-8H2. The van der Waals surface area contributed by atoms with Gasteiger partial charge in [0.2, 0.25) is 0 Å². The van der Waals surface area contributed by atoms with E-state index in [1.807, 2.05) is 23.2 Å². The van der Waals surface area contributed by atoms with Gasteiger partial charge in [-0.05, 0) is 46.9 Å². The van der Waals surface area contributed by atoms with Crippen LogP contribution in [-0.2, 0) is 0 Å². The van der Waals surface area contributed by atoms with Gasteiger partial charge in [-0.15, -0.1) is 0 Å². The van der Waals surface area contributed by atoms with Crippen LogP contribution in [0.15, 0.2) is 36.5 Å². The number of hydrogen-bond acceptors (Lipinski definition) is 2. The van der Waals surface area contributed by atoms with Crippen molar-refractivity contribution in [3.8, 4) is 0 Å². The van der Waals surface area contributed by atoms with Crippen molar-refractivity contribution in [3.63, 3.8) is 0 Å². The number of imidazole rings is 1. The summed E-state index contributed by atoms with van der Waals surface area (Å²) in [7, 11) is 0. The molecule has 0 atom stereocenters. The quantitative estimate of drug-likeness (QED) is 0.616. The van der Waals surface area contributed by atoms with Crippen molar-refractivity contribution >= 4 is 45.0 Å². The second-order valence-electron chi connectivity index (χ2n) is 4.86. The van der Waals surface area contributed by atoms with Crippen molar-refractivity contribution in [1.82, 2.24) is 9.38 Å². The zero-order valence-electron chi connectivity index (χ0n) is 10.1. The molecule has 3 nitrogen and oxygen atoms in total. The molecule has 2 aromatic heterocycles. The zero-order valence-corrected chi connectivity index (χ0v) is 12.2. The van der Waals surface area contributed by atoms with E-state index in [0.29, 0.717) is 13.1 Å². The lowest BCUT2D eigenvalue weighted by Gasteiger charge is -2.36. The van der Waals surface area contributed by atoms with Gasteiger partial charge in [-0.3, -0.25) is 4.40 Å². The molecule has 0 aliphatic carbocycles. The van der Waals surface area contributed by atoms with Gasteiger partial charge in [-0.25, -0.2) is 9.37 Å². The second kappa shape index (κ2) is 4.06. The predicted octanol–water partition coefficient (Wildman–Crippen LogP) is 3.25. The molecule has 0 N–H and O–H groups in total. The van der Waals surface area contributed by atoms with Crippen molar-refractivity contribution in [3.05, 3.63) is 40.1 Å². The van der Waals surface area contributed by atoms with Gasteiger partial charge in [0.25, 0.3) is 0 Å². The molecule has 3 aromatic rings. The molecule has 0 saturated carbocycles. The van der Waals surface area contributed by atoms with Gasteiger partial charge in [0.1, 0.15) is 11.8 Å². The number of halogens is 2. The molecule has 96 valence electrons. The van der Waals surface area contributed by atoms with Gasteiger partial charge in [-0.2, -0.15) is 0 Å². The highest BCUT2D eigenvalue weighted by Gasteiger charge is 2.26. The summed E-state index contributed by atoms with van der Waals surface area (Å²) in [6.45, 7) is 0.989. The lowest BCUT2D eigenvalue weighted by Crippen LogP contribution is -2.48. The third-order valence-electron chi connectivity index (χ3n) is 3.55. The average molecular weight is 367 g/mol. The van der Waals surface area contributed by atoms with Crippen LogP contribution in [0.2, 0.25) is 0 Å². The largest absolute Gasteiger partial charge is 0.365 e. The van der Waals surface area contributed by atoms with Crippen LogP contribution < -0.4 is 4.90 Å². The van der Waals surface area contributed by atoms with E-state index in [1.54, 1.807) is 0 Å². The van der Waals surface area contributed by atoms with E-state index < -0.39 is 6.17 Å². The number of aromatic nitrogens is 2. The van der Waals surface area contributed by atoms with E-state index in [0.717, 1.165) is 22.4 Å². The van der Waals surface area contributed by atoms with Gasteiger partial charge in [0, 0.05) is 21.5 Å². The molecule has 1 aliphatic rings. The molecule has 5 heteroatoms. The summed E-state index contributed by atoms with van der Waals surface area (Å²) in [5, 5.41) is 0. The third kappa shape index (κ3) is 1.79. The highest BCUT2D eigenvalue weighted by molar-refractivity contribution is 14.1. The average Bonchev–Trinajstić information content (AvgIpc) is 2.71. The number of fused-ring (bicyclic) bond motifs is 3. The van der Waals surface area contributed by atoms with E-state index in [4.69, 9.17) is 0 Å². The van der Waals surface area contributed by atoms with Crippen molar-refractivity contribution in [2.45, 2.75) is 6.17 Å². The first-order valence-corrected chi connectivity index (χ1v) is 7.25. The zero-order chi connectivity index (χ0) is 13.0. The Kier molecular flexibility index (Phi) is 2.45. The number of alkyl halides is 1. The second-order valence-corrected chi connectivity index (χ2v) is 6.11. The maximum absolute atomic E-state index is 12.9. The van der Waals surface area contributed by atoms with E-state index in [2.05, 4.69) is 50.2 Å². The van der Waals surface area contributed by atoms with Gasteiger partial charge in [0.05, 0.1) is 24.1 Å². The van der Waals surface area contributed by atoms with Crippen molar-refractivity contribution < 1.29 is 4.39 Å². The summed E-state index contributed by atoms with van der Waals surface area (Å²) >= 11 is 2.29. The van der Waals surface area contributed by atoms with Gasteiger partial charge in [-0.1, -0.05) is 0 Å². The Labute approximate surface area is 123 Å². The summed E-state index contributed by atoms with van der Waals surface area (Å²) in [5.41, 5.74) is 4.06. The smallest absolute Gasteiger partial charge is 0.139 e.